The molecule has 2 heterocycles. The SMILES string of the molecule is CC1(C)OB(N2CCC(F)(F)CC2)OC1(C)C. The molecule has 0 amide bonds. The molecule has 0 radical (unpaired) electrons. The van der Waals surface area contributed by atoms with E-state index in [0.717, 1.165) is 0 Å². The highest BCUT2D eigenvalue weighted by Gasteiger charge is 2.54. The average Bonchev–Trinajstić information content (AvgIpc) is 2.35. The summed E-state index contributed by atoms with van der Waals surface area (Å²) in [4.78, 5) is 1.86. The maximum absolute atomic E-state index is 13.1. The normalized spacial score (nSPS) is 31.8. The van der Waals surface area contributed by atoms with Crippen LogP contribution in [-0.4, -0.2) is 42.3 Å². The van der Waals surface area contributed by atoms with Crippen molar-refractivity contribution in [1.82, 2.24) is 4.81 Å². The number of rotatable bonds is 1. The molecule has 0 aromatic rings. The lowest BCUT2D eigenvalue weighted by Gasteiger charge is -2.32. The first kappa shape index (κ1) is 13.2. The van der Waals surface area contributed by atoms with Gasteiger partial charge in [0.05, 0.1) is 11.2 Å². The van der Waals surface area contributed by atoms with Crippen LogP contribution in [0, 0.1) is 0 Å². The highest BCUT2D eigenvalue weighted by atomic mass is 19.3. The Morgan fingerprint density at radius 3 is 1.76 bits per heavy atom. The van der Waals surface area contributed by atoms with Crippen LogP contribution in [-0.2, 0) is 9.31 Å². The van der Waals surface area contributed by atoms with Crippen LogP contribution in [0.5, 0.6) is 0 Å². The molecule has 17 heavy (non-hydrogen) atoms. The second-order valence-electron chi connectivity index (χ2n) is 5.96. The third-order valence-electron chi connectivity index (χ3n) is 4.07. The first-order valence-corrected chi connectivity index (χ1v) is 6.11. The summed E-state index contributed by atoms with van der Waals surface area (Å²) < 4.78 is 37.8. The quantitative estimate of drug-likeness (QED) is 0.663. The maximum atomic E-state index is 13.1. The Kier molecular flexibility index (Phi) is 3.04. The monoisotopic (exact) mass is 247 g/mol. The molecule has 2 fully saturated rings. The molecule has 0 atom stereocenters. The molecule has 6 heteroatoms. The van der Waals surface area contributed by atoms with Gasteiger partial charge in [0.25, 0.3) is 5.92 Å². The number of alkyl halides is 2. The second-order valence-corrected chi connectivity index (χ2v) is 5.96. The maximum Gasteiger partial charge on any atom is 0.558 e. The van der Waals surface area contributed by atoms with Gasteiger partial charge >= 0.3 is 7.25 Å². The van der Waals surface area contributed by atoms with Crippen molar-refractivity contribution in [3.8, 4) is 0 Å². The van der Waals surface area contributed by atoms with E-state index in [1.165, 1.54) is 0 Å². The zero-order chi connectivity index (χ0) is 12.9. The van der Waals surface area contributed by atoms with Gasteiger partial charge in [-0.05, 0) is 40.8 Å². The zero-order valence-corrected chi connectivity index (χ0v) is 10.9. The first-order chi connectivity index (χ1) is 7.63. The van der Waals surface area contributed by atoms with E-state index in [4.69, 9.17) is 9.31 Å². The number of halogens is 2. The molecule has 0 saturated carbocycles. The smallest absolute Gasteiger partial charge is 0.389 e. The Labute approximate surface area is 102 Å². The number of hydrogen-bond acceptors (Lipinski definition) is 3. The summed E-state index contributed by atoms with van der Waals surface area (Å²) in [6.07, 6.45) is -0.228. The molecule has 2 aliphatic rings. The minimum atomic E-state index is -2.53. The molecule has 0 bridgehead atoms. The van der Waals surface area contributed by atoms with Crippen molar-refractivity contribution < 1.29 is 18.1 Å². The van der Waals surface area contributed by atoms with Crippen molar-refractivity contribution in [1.29, 1.82) is 0 Å². The standard InChI is InChI=1S/C11H20BF2NO2/c1-9(2)10(3,4)17-12(16-9)15-7-5-11(13,14)6-8-15/h5-8H2,1-4H3. The summed E-state index contributed by atoms with van der Waals surface area (Å²) in [6.45, 7) is 8.50. The van der Waals surface area contributed by atoms with Gasteiger partial charge in [-0.3, -0.25) is 4.81 Å². The van der Waals surface area contributed by atoms with Crippen LogP contribution in [0.1, 0.15) is 40.5 Å². The molecule has 0 spiro atoms. The van der Waals surface area contributed by atoms with Crippen LogP contribution in [0.2, 0.25) is 0 Å². The Hall–Kier alpha value is -0.195. The van der Waals surface area contributed by atoms with E-state index in [9.17, 15) is 8.78 Å². The van der Waals surface area contributed by atoms with Crippen molar-refractivity contribution in [3.63, 3.8) is 0 Å². The van der Waals surface area contributed by atoms with Gasteiger partial charge in [-0.1, -0.05) is 0 Å². The van der Waals surface area contributed by atoms with Gasteiger partial charge in [-0.25, -0.2) is 8.78 Å². The van der Waals surface area contributed by atoms with Crippen LogP contribution in [0.15, 0.2) is 0 Å². The van der Waals surface area contributed by atoms with E-state index >= 15 is 0 Å². The van der Waals surface area contributed by atoms with Gasteiger partial charge in [-0.15, -0.1) is 0 Å². The van der Waals surface area contributed by atoms with Crippen molar-refractivity contribution in [3.05, 3.63) is 0 Å². The van der Waals surface area contributed by atoms with Crippen molar-refractivity contribution >= 4 is 7.25 Å². The first-order valence-electron chi connectivity index (χ1n) is 6.11. The summed E-state index contributed by atoms with van der Waals surface area (Å²) in [5.74, 6) is -2.53. The second kappa shape index (κ2) is 3.90. The van der Waals surface area contributed by atoms with Gasteiger partial charge in [0.1, 0.15) is 0 Å². The summed E-state index contributed by atoms with van der Waals surface area (Å²) in [5, 5.41) is 0. The molecule has 3 nitrogen and oxygen atoms in total. The predicted molar refractivity (Wildman–Crippen MR) is 61.8 cm³/mol. The molecular formula is C11H20BF2NO2. The molecule has 0 aromatic carbocycles. The minimum absolute atomic E-state index is 0.114. The van der Waals surface area contributed by atoms with E-state index in [1.54, 1.807) is 0 Å². The predicted octanol–water partition coefficient (Wildman–Crippen LogP) is 2.31. The third kappa shape index (κ3) is 2.49. The molecule has 0 unspecified atom stereocenters. The van der Waals surface area contributed by atoms with Gasteiger partial charge in [-0.2, -0.15) is 0 Å². The molecule has 0 N–H and O–H groups in total. The van der Waals surface area contributed by atoms with Crippen molar-refractivity contribution in [2.45, 2.75) is 57.7 Å². The summed E-state index contributed by atoms with van der Waals surface area (Å²) in [6, 6.07) is 0. The van der Waals surface area contributed by atoms with Gasteiger partial charge in [0.2, 0.25) is 0 Å². The van der Waals surface area contributed by atoms with E-state index in [0.29, 0.717) is 13.1 Å². The molecule has 98 valence electrons. The fourth-order valence-corrected chi connectivity index (χ4v) is 2.02. The van der Waals surface area contributed by atoms with Crippen LogP contribution in [0.25, 0.3) is 0 Å². The molecule has 0 aromatic heterocycles. The lowest BCUT2D eigenvalue weighted by molar-refractivity contribution is -0.0471. The Balaban J connectivity index is 1.98. The topological polar surface area (TPSA) is 21.7 Å². The highest BCUT2D eigenvalue weighted by Crippen LogP contribution is 2.39. The van der Waals surface area contributed by atoms with E-state index in [-0.39, 0.29) is 12.8 Å². The summed E-state index contributed by atoms with van der Waals surface area (Å²) >= 11 is 0. The lowest BCUT2D eigenvalue weighted by atomic mass is 9.90. The Morgan fingerprint density at radius 1 is 0.941 bits per heavy atom. The molecule has 2 rings (SSSR count). The number of piperidine rings is 1. The van der Waals surface area contributed by atoms with Crippen LogP contribution in [0.3, 0.4) is 0 Å². The van der Waals surface area contributed by atoms with Gasteiger partial charge < -0.3 is 9.31 Å². The Bertz CT molecular complexity index is 284. The van der Waals surface area contributed by atoms with E-state index < -0.39 is 24.4 Å². The van der Waals surface area contributed by atoms with Crippen molar-refractivity contribution in [2.24, 2.45) is 0 Å². The summed E-state index contributed by atoms with van der Waals surface area (Å²) in [5.41, 5.74) is -0.810. The molecule has 2 aliphatic heterocycles. The minimum Gasteiger partial charge on any atom is -0.389 e. The lowest BCUT2D eigenvalue weighted by Crippen LogP contribution is -2.49. The average molecular weight is 247 g/mol. The fourth-order valence-electron chi connectivity index (χ4n) is 2.02. The highest BCUT2D eigenvalue weighted by molar-refractivity contribution is 6.42. The largest absolute Gasteiger partial charge is 0.558 e. The Morgan fingerprint density at radius 2 is 1.35 bits per heavy atom. The van der Waals surface area contributed by atoms with E-state index in [1.807, 2.05) is 32.5 Å². The third-order valence-corrected chi connectivity index (χ3v) is 4.07. The van der Waals surface area contributed by atoms with Gasteiger partial charge in [0.15, 0.2) is 0 Å². The van der Waals surface area contributed by atoms with Gasteiger partial charge in [0, 0.05) is 12.8 Å². The number of nitrogens with zero attached hydrogens (tertiary/aromatic N) is 1. The molecule has 2 saturated heterocycles. The number of hydrogen-bond donors (Lipinski definition) is 0. The van der Waals surface area contributed by atoms with E-state index in [2.05, 4.69) is 0 Å². The fraction of sp³-hybridized carbons (Fsp3) is 1.00. The molecule has 0 aliphatic carbocycles. The van der Waals surface area contributed by atoms with Crippen molar-refractivity contribution in [2.75, 3.05) is 13.1 Å². The van der Waals surface area contributed by atoms with Crippen LogP contribution < -0.4 is 0 Å². The molecular weight excluding hydrogens is 227 g/mol. The van der Waals surface area contributed by atoms with Crippen LogP contribution >= 0.6 is 0 Å². The zero-order valence-electron chi connectivity index (χ0n) is 10.9. The van der Waals surface area contributed by atoms with Crippen LogP contribution in [0.4, 0.5) is 8.78 Å². The summed E-state index contributed by atoms with van der Waals surface area (Å²) in [7, 11) is -0.490.